The minimum atomic E-state index is -0.538. The van der Waals surface area contributed by atoms with Crippen LogP contribution in [0.25, 0.3) is 0 Å². The van der Waals surface area contributed by atoms with Crippen LogP contribution in [0.4, 0.5) is 0 Å². The van der Waals surface area contributed by atoms with E-state index in [0.717, 1.165) is 12.8 Å². The zero-order valence-corrected chi connectivity index (χ0v) is 8.56. The van der Waals surface area contributed by atoms with Crippen molar-refractivity contribution in [3.05, 3.63) is 11.8 Å². The summed E-state index contributed by atoms with van der Waals surface area (Å²) in [6, 6.07) is 1.46. The molecule has 0 unspecified atom stereocenters. The SMILES string of the molecule is COC(=O)c1cc(OC2CCCC2)no1. The van der Waals surface area contributed by atoms with Crippen LogP contribution in [0.3, 0.4) is 0 Å². The van der Waals surface area contributed by atoms with Gasteiger partial charge in [-0.2, -0.15) is 0 Å². The van der Waals surface area contributed by atoms with Crippen molar-refractivity contribution < 1.29 is 18.8 Å². The van der Waals surface area contributed by atoms with Crippen LogP contribution in [0.1, 0.15) is 36.2 Å². The molecule has 1 fully saturated rings. The smallest absolute Gasteiger partial charge is 0.377 e. The third kappa shape index (κ3) is 2.29. The molecule has 0 saturated heterocycles. The van der Waals surface area contributed by atoms with Crippen LogP contribution in [-0.2, 0) is 4.74 Å². The first-order chi connectivity index (χ1) is 7.29. The first kappa shape index (κ1) is 10.0. The Bertz CT molecular complexity index is 341. The Morgan fingerprint density at radius 3 is 2.93 bits per heavy atom. The molecule has 0 radical (unpaired) electrons. The van der Waals surface area contributed by atoms with Crippen LogP contribution in [-0.4, -0.2) is 24.3 Å². The minimum Gasteiger partial charge on any atom is -0.472 e. The van der Waals surface area contributed by atoms with Crippen LogP contribution >= 0.6 is 0 Å². The number of aromatic nitrogens is 1. The van der Waals surface area contributed by atoms with Gasteiger partial charge in [0.2, 0.25) is 5.76 Å². The van der Waals surface area contributed by atoms with Gasteiger partial charge in [0.1, 0.15) is 6.10 Å². The van der Waals surface area contributed by atoms with Crippen LogP contribution < -0.4 is 4.74 Å². The number of hydrogen-bond donors (Lipinski definition) is 0. The molecule has 0 spiro atoms. The second kappa shape index (κ2) is 4.33. The summed E-state index contributed by atoms with van der Waals surface area (Å²) in [5.41, 5.74) is 0. The van der Waals surface area contributed by atoms with Crippen LogP contribution in [0, 0.1) is 0 Å². The minimum absolute atomic E-state index is 0.0745. The summed E-state index contributed by atoms with van der Waals surface area (Å²) in [5, 5.41) is 3.65. The maximum absolute atomic E-state index is 11.1. The zero-order valence-electron chi connectivity index (χ0n) is 8.56. The molecule has 1 aromatic heterocycles. The molecule has 5 heteroatoms. The van der Waals surface area contributed by atoms with Crippen molar-refractivity contribution in [1.82, 2.24) is 5.16 Å². The maximum atomic E-state index is 11.1. The van der Waals surface area contributed by atoms with Gasteiger partial charge >= 0.3 is 5.97 Å². The summed E-state index contributed by atoms with van der Waals surface area (Å²) in [7, 11) is 1.29. The van der Waals surface area contributed by atoms with Crippen molar-refractivity contribution in [1.29, 1.82) is 0 Å². The predicted octanol–water partition coefficient (Wildman–Crippen LogP) is 1.78. The Labute approximate surface area is 87.3 Å². The first-order valence-corrected chi connectivity index (χ1v) is 5.01. The van der Waals surface area contributed by atoms with E-state index in [2.05, 4.69) is 9.89 Å². The summed E-state index contributed by atoms with van der Waals surface area (Å²) < 4.78 is 14.8. The van der Waals surface area contributed by atoms with Gasteiger partial charge < -0.3 is 14.0 Å². The Morgan fingerprint density at radius 1 is 1.53 bits per heavy atom. The molecule has 15 heavy (non-hydrogen) atoms. The molecule has 2 rings (SSSR count). The van der Waals surface area contributed by atoms with Crippen molar-refractivity contribution in [3.8, 4) is 5.88 Å². The number of ether oxygens (including phenoxy) is 2. The van der Waals surface area contributed by atoms with Crippen LogP contribution in [0.2, 0.25) is 0 Å². The average molecular weight is 211 g/mol. The lowest BCUT2D eigenvalue weighted by Gasteiger charge is -2.08. The molecule has 0 N–H and O–H groups in total. The Kier molecular flexibility index (Phi) is 2.89. The van der Waals surface area contributed by atoms with Crippen molar-refractivity contribution in [3.63, 3.8) is 0 Å². The highest BCUT2D eigenvalue weighted by Crippen LogP contribution is 2.23. The summed E-state index contributed by atoms with van der Waals surface area (Å²) >= 11 is 0. The molecule has 1 saturated carbocycles. The summed E-state index contributed by atoms with van der Waals surface area (Å²) in [6.45, 7) is 0. The highest BCUT2D eigenvalue weighted by atomic mass is 16.6. The lowest BCUT2D eigenvalue weighted by atomic mass is 10.3. The normalized spacial score (nSPS) is 16.6. The Balaban J connectivity index is 1.97. The van der Waals surface area contributed by atoms with E-state index in [1.165, 1.54) is 26.0 Å². The Hall–Kier alpha value is -1.52. The van der Waals surface area contributed by atoms with Gasteiger partial charge in [-0.05, 0) is 30.8 Å². The maximum Gasteiger partial charge on any atom is 0.377 e. The van der Waals surface area contributed by atoms with Crippen LogP contribution in [0.15, 0.2) is 10.6 Å². The van der Waals surface area contributed by atoms with E-state index in [-0.39, 0.29) is 11.9 Å². The summed E-state index contributed by atoms with van der Waals surface area (Å²) in [6.07, 6.45) is 4.67. The largest absolute Gasteiger partial charge is 0.472 e. The second-order valence-electron chi connectivity index (χ2n) is 3.55. The van der Waals surface area contributed by atoms with E-state index in [1.54, 1.807) is 0 Å². The number of hydrogen-bond acceptors (Lipinski definition) is 5. The molecule has 0 aliphatic heterocycles. The molecular formula is C10H13NO4. The highest BCUT2D eigenvalue weighted by molar-refractivity contribution is 5.86. The van der Waals surface area contributed by atoms with Gasteiger partial charge in [-0.25, -0.2) is 4.79 Å². The average Bonchev–Trinajstić information content (AvgIpc) is 2.88. The topological polar surface area (TPSA) is 61.6 Å². The van der Waals surface area contributed by atoms with Gasteiger partial charge in [-0.15, -0.1) is 0 Å². The molecule has 1 aliphatic carbocycles. The summed E-state index contributed by atoms with van der Waals surface area (Å²) in [5.74, 6) is -0.100. The molecule has 0 atom stereocenters. The van der Waals surface area contributed by atoms with E-state index in [9.17, 15) is 4.79 Å². The number of carbonyl (C=O) groups is 1. The van der Waals surface area contributed by atoms with Gasteiger partial charge in [0.05, 0.1) is 13.2 Å². The molecule has 82 valence electrons. The molecule has 1 aliphatic rings. The van der Waals surface area contributed by atoms with Crippen molar-refractivity contribution in [2.24, 2.45) is 0 Å². The lowest BCUT2D eigenvalue weighted by molar-refractivity contribution is 0.0554. The highest BCUT2D eigenvalue weighted by Gasteiger charge is 2.20. The number of rotatable bonds is 3. The van der Waals surface area contributed by atoms with E-state index >= 15 is 0 Å². The number of carbonyl (C=O) groups excluding carboxylic acids is 1. The third-order valence-electron chi connectivity index (χ3n) is 2.46. The van der Waals surface area contributed by atoms with Crippen molar-refractivity contribution in [2.45, 2.75) is 31.8 Å². The van der Waals surface area contributed by atoms with Gasteiger partial charge in [0, 0.05) is 0 Å². The zero-order chi connectivity index (χ0) is 10.7. The van der Waals surface area contributed by atoms with E-state index in [0.29, 0.717) is 5.88 Å². The van der Waals surface area contributed by atoms with Crippen LogP contribution in [0.5, 0.6) is 5.88 Å². The predicted molar refractivity (Wildman–Crippen MR) is 50.7 cm³/mol. The molecule has 0 aromatic carbocycles. The molecule has 0 bridgehead atoms. The third-order valence-corrected chi connectivity index (χ3v) is 2.46. The molecule has 1 heterocycles. The van der Waals surface area contributed by atoms with E-state index in [4.69, 9.17) is 9.26 Å². The van der Waals surface area contributed by atoms with Gasteiger partial charge in [-0.1, -0.05) is 0 Å². The lowest BCUT2D eigenvalue weighted by Crippen LogP contribution is -2.10. The standard InChI is InChI=1S/C10H13NO4/c1-13-10(12)8-6-9(11-15-8)14-7-4-2-3-5-7/h6-7H,2-5H2,1H3. The van der Waals surface area contributed by atoms with E-state index in [1.807, 2.05) is 0 Å². The van der Waals surface area contributed by atoms with Gasteiger partial charge in [0.15, 0.2) is 0 Å². The molecule has 5 nitrogen and oxygen atoms in total. The van der Waals surface area contributed by atoms with Gasteiger partial charge in [0.25, 0.3) is 5.88 Å². The monoisotopic (exact) mass is 211 g/mol. The van der Waals surface area contributed by atoms with Crippen molar-refractivity contribution in [2.75, 3.05) is 7.11 Å². The fraction of sp³-hybridized carbons (Fsp3) is 0.600. The second-order valence-corrected chi connectivity index (χ2v) is 3.55. The summed E-state index contributed by atoms with van der Waals surface area (Å²) in [4.78, 5) is 11.1. The molecule has 0 amide bonds. The fourth-order valence-corrected chi connectivity index (χ4v) is 1.69. The number of esters is 1. The quantitative estimate of drug-likeness (QED) is 0.713. The van der Waals surface area contributed by atoms with Crippen molar-refractivity contribution >= 4 is 5.97 Å². The molecular weight excluding hydrogens is 198 g/mol. The first-order valence-electron chi connectivity index (χ1n) is 5.01. The fourth-order valence-electron chi connectivity index (χ4n) is 1.69. The van der Waals surface area contributed by atoms with Gasteiger partial charge in [-0.3, -0.25) is 0 Å². The molecule has 1 aromatic rings. The number of nitrogens with zero attached hydrogens (tertiary/aromatic N) is 1. The van der Waals surface area contributed by atoms with E-state index < -0.39 is 5.97 Å². The Morgan fingerprint density at radius 2 is 2.27 bits per heavy atom. The number of methoxy groups -OCH3 is 1.